The summed E-state index contributed by atoms with van der Waals surface area (Å²) in [6, 6.07) is 5.67. The monoisotopic (exact) mass is 335 g/mol. The zero-order valence-electron chi connectivity index (χ0n) is 13.5. The molecule has 0 bridgehead atoms. The smallest absolute Gasteiger partial charge is 0.317 e. The number of piperidine rings is 1. The molecular formula is C16H22ClN5O. The van der Waals surface area contributed by atoms with E-state index < -0.39 is 0 Å². The minimum atomic E-state index is -0.0659. The molecule has 0 aliphatic carbocycles. The quantitative estimate of drug-likeness (QED) is 0.905. The number of benzene rings is 1. The average molecular weight is 336 g/mol. The minimum absolute atomic E-state index is 0.0659. The summed E-state index contributed by atoms with van der Waals surface area (Å²) in [4.78, 5) is 23.9. The van der Waals surface area contributed by atoms with Crippen LogP contribution < -0.4 is 5.32 Å². The van der Waals surface area contributed by atoms with Gasteiger partial charge in [0, 0.05) is 24.7 Å². The van der Waals surface area contributed by atoms with Gasteiger partial charge in [-0.2, -0.15) is 0 Å². The SMILES string of the molecule is CN1CCC[C@H](NC(=O)N(C)Cc2nc3ccc(Cl)cc3[nH]2)C1. The van der Waals surface area contributed by atoms with Crippen LogP contribution in [0.2, 0.25) is 5.02 Å². The number of carbonyl (C=O) groups is 1. The fourth-order valence-electron chi connectivity index (χ4n) is 2.98. The molecule has 23 heavy (non-hydrogen) atoms. The Morgan fingerprint density at radius 3 is 3.17 bits per heavy atom. The van der Waals surface area contributed by atoms with E-state index >= 15 is 0 Å². The molecule has 1 saturated heterocycles. The van der Waals surface area contributed by atoms with E-state index in [1.54, 1.807) is 11.9 Å². The van der Waals surface area contributed by atoms with E-state index in [0.29, 0.717) is 11.6 Å². The van der Waals surface area contributed by atoms with Crippen molar-refractivity contribution in [2.45, 2.75) is 25.4 Å². The Bertz CT molecular complexity index is 701. The summed E-state index contributed by atoms with van der Waals surface area (Å²) in [5.41, 5.74) is 1.74. The molecular weight excluding hydrogens is 314 g/mol. The summed E-state index contributed by atoms with van der Waals surface area (Å²) >= 11 is 5.98. The number of amides is 2. The first-order valence-electron chi connectivity index (χ1n) is 7.85. The highest BCUT2D eigenvalue weighted by Gasteiger charge is 2.21. The lowest BCUT2D eigenvalue weighted by Gasteiger charge is -2.31. The van der Waals surface area contributed by atoms with Crippen LogP contribution in [0.15, 0.2) is 18.2 Å². The van der Waals surface area contributed by atoms with E-state index in [0.717, 1.165) is 42.8 Å². The van der Waals surface area contributed by atoms with E-state index in [9.17, 15) is 4.79 Å². The van der Waals surface area contributed by atoms with Crippen molar-refractivity contribution in [2.75, 3.05) is 27.2 Å². The summed E-state index contributed by atoms with van der Waals surface area (Å²) in [6.07, 6.45) is 2.16. The van der Waals surface area contributed by atoms with Crippen LogP contribution in [0.3, 0.4) is 0 Å². The van der Waals surface area contributed by atoms with Crippen LogP contribution in [0.4, 0.5) is 4.79 Å². The summed E-state index contributed by atoms with van der Waals surface area (Å²) in [5.74, 6) is 0.751. The van der Waals surface area contributed by atoms with Gasteiger partial charge in [-0.05, 0) is 44.6 Å². The molecule has 1 aliphatic heterocycles. The molecule has 1 aliphatic rings. The molecule has 2 N–H and O–H groups in total. The fraction of sp³-hybridized carbons (Fsp3) is 0.500. The zero-order valence-corrected chi connectivity index (χ0v) is 14.2. The van der Waals surface area contributed by atoms with E-state index in [4.69, 9.17) is 11.6 Å². The van der Waals surface area contributed by atoms with E-state index in [2.05, 4.69) is 27.2 Å². The highest BCUT2D eigenvalue weighted by molar-refractivity contribution is 6.31. The van der Waals surface area contributed by atoms with Crippen molar-refractivity contribution >= 4 is 28.7 Å². The van der Waals surface area contributed by atoms with Gasteiger partial charge in [0.15, 0.2) is 0 Å². The van der Waals surface area contributed by atoms with Gasteiger partial charge >= 0.3 is 6.03 Å². The van der Waals surface area contributed by atoms with Gasteiger partial charge in [0.05, 0.1) is 17.6 Å². The molecule has 2 heterocycles. The van der Waals surface area contributed by atoms with Gasteiger partial charge in [0.25, 0.3) is 0 Å². The summed E-state index contributed by atoms with van der Waals surface area (Å²) < 4.78 is 0. The van der Waals surface area contributed by atoms with Crippen LogP contribution in [0.25, 0.3) is 11.0 Å². The molecule has 1 aromatic heterocycles. The molecule has 1 fully saturated rings. The Morgan fingerprint density at radius 2 is 2.39 bits per heavy atom. The Morgan fingerprint density at radius 1 is 1.57 bits per heavy atom. The second-order valence-electron chi connectivity index (χ2n) is 6.25. The second-order valence-corrected chi connectivity index (χ2v) is 6.69. The van der Waals surface area contributed by atoms with Gasteiger partial charge in [0.2, 0.25) is 0 Å². The van der Waals surface area contributed by atoms with Gasteiger partial charge in [-0.3, -0.25) is 0 Å². The van der Waals surface area contributed by atoms with Crippen LogP contribution >= 0.6 is 11.6 Å². The molecule has 2 amide bonds. The Kier molecular flexibility index (Phi) is 4.73. The lowest BCUT2D eigenvalue weighted by molar-refractivity contribution is 0.184. The number of hydrogen-bond acceptors (Lipinski definition) is 3. The normalized spacial score (nSPS) is 19.0. The van der Waals surface area contributed by atoms with Crippen molar-refractivity contribution < 1.29 is 4.79 Å². The average Bonchev–Trinajstić information content (AvgIpc) is 2.88. The fourth-order valence-corrected chi connectivity index (χ4v) is 3.15. The van der Waals surface area contributed by atoms with E-state index in [1.807, 2.05) is 18.2 Å². The summed E-state index contributed by atoms with van der Waals surface area (Å²) in [7, 11) is 3.86. The molecule has 1 atom stereocenters. The van der Waals surface area contributed by atoms with Crippen molar-refractivity contribution in [3.63, 3.8) is 0 Å². The standard InChI is InChI=1S/C16H22ClN5O/c1-21-7-3-4-12(9-21)18-16(23)22(2)10-15-19-13-6-5-11(17)8-14(13)20-15/h5-6,8,12H,3-4,7,9-10H2,1-2H3,(H,18,23)(H,19,20)/t12-/m0/s1. The van der Waals surface area contributed by atoms with E-state index in [-0.39, 0.29) is 12.1 Å². The Hall–Kier alpha value is -1.79. The minimum Gasteiger partial charge on any atom is -0.340 e. The largest absolute Gasteiger partial charge is 0.340 e. The Balaban J connectivity index is 1.60. The maximum Gasteiger partial charge on any atom is 0.317 e. The first kappa shape index (κ1) is 16.1. The molecule has 124 valence electrons. The summed E-state index contributed by atoms with van der Waals surface area (Å²) in [6.45, 7) is 2.44. The van der Waals surface area contributed by atoms with Crippen molar-refractivity contribution in [1.82, 2.24) is 25.1 Å². The molecule has 0 unspecified atom stereocenters. The maximum absolute atomic E-state index is 12.3. The second kappa shape index (κ2) is 6.76. The number of rotatable bonds is 3. The first-order valence-corrected chi connectivity index (χ1v) is 8.23. The lowest BCUT2D eigenvalue weighted by atomic mass is 10.1. The van der Waals surface area contributed by atoms with Crippen LogP contribution in [0, 0.1) is 0 Å². The summed E-state index contributed by atoms with van der Waals surface area (Å²) in [5, 5.41) is 3.76. The Labute approximate surface area is 140 Å². The van der Waals surface area contributed by atoms with Crippen molar-refractivity contribution in [1.29, 1.82) is 0 Å². The zero-order chi connectivity index (χ0) is 16.4. The molecule has 0 spiro atoms. The maximum atomic E-state index is 12.3. The number of H-pyrrole nitrogens is 1. The third kappa shape index (κ3) is 3.95. The van der Waals surface area contributed by atoms with Gasteiger partial charge in [-0.15, -0.1) is 0 Å². The molecule has 2 aromatic rings. The lowest BCUT2D eigenvalue weighted by Crippen LogP contribution is -2.49. The van der Waals surface area contributed by atoms with Gasteiger partial charge in [0.1, 0.15) is 5.82 Å². The number of fused-ring (bicyclic) bond motifs is 1. The molecule has 0 saturated carbocycles. The molecule has 7 heteroatoms. The van der Waals surface area contributed by atoms with E-state index in [1.165, 1.54) is 0 Å². The number of likely N-dealkylation sites (tertiary alicyclic amines) is 1. The van der Waals surface area contributed by atoms with Crippen LogP contribution in [-0.2, 0) is 6.54 Å². The molecule has 3 rings (SSSR count). The predicted molar refractivity (Wildman–Crippen MR) is 91.6 cm³/mol. The number of halogens is 1. The number of imidazole rings is 1. The number of likely N-dealkylation sites (N-methyl/N-ethyl adjacent to an activating group) is 1. The number of carbonyl (C=O) groups excluding carboxylic acids is 1. The highest BCUT2D eigenvalue weighted by atomic mass is 35.5. The van der Waals surface area contributed by atoms with Crippen molar-refractivity contribution in [3.8, 4) is 0 Å². The molecule has 6 nitrogen and oxygen atoms in total. The predicted octanol–water partition coefficient (Wildman–Crippen LogP) is 2.45. The van der Waals surface area contributed by atoms with Crippen molar-refractivity contribution in [3.05, 3.63) is 29.0 Å². The van der Waals surface area contributed by atoms with Crippen LogP contribution in [0.1, 0.15) is 18.7 Å². The molecule has 0 radical (unpaired) electrons. The highest BCUT2D eigenvalue weighted by Crippen LogP contribution is 2.17. The first-order chi connectivity index (χ1) is 11.0. The number of aromatic amines is 1. The van der Waals surface area contributed by atoms with Gasteiger partial charge < -0.3 is 20.1 Å². The number of nitrogens with zero attached hydrogens (tertiary/aromatic N) is 3. The van der Waals surface area contributed by atoms with Gasteiger partial charge in [-0.1, -0.05) is 11.6 Å². The van der Waals surface area contributed by atoms with Crippen LogP contribution in [0.5, 0.6) is 0 Å². The topological polar surface area (TPSA) is 64.3 Å². The third-order valence-electron chi connectivity index (χ3n) is 4.18. The number of aromatic nitrogens is 2. The number of urea groups is 1. The number of hydrogen-bond donors (Lipinski definition) is 2. The van der Waals surface area contributed by atoms with Crippen LogP contribution in [-0.4, -0.2) is 59.0 Å². The van der Waals surface area contributed by atoms with Crippen molar-refractivity contribution in [2.24, 2.45) is 0 Å². The number of nitrogens with one attached hydrogen (secondary N) is 2. The third-order valence-corrected chi connectivity index (χ3v) is 4.41. The van der Waals surface area contributed by atoms with Gasteiger partial charge in [-0.25, -0.2) is 9.78 Å². The molecule has 1 aromatic carbocycles.